The molecule has 196 valence electrons. The van der Waals surface area contributed by atoms with E-state index in [9.17, 15) is 10.1 Å². The Balaban J connectivity index is 1.50. The molecule has 0 saturated carbocycles. The Labute approximate surface area is 229 Å². The highest BCUT2D eigenvalue weighted by Crippen LogP contribution is 2.26. The number of nitrogens with one attached hydrogen (secondary N) is 1. The van der Waals surface area contributed by atoms with Gasteiger partial charge in [0.25, 0.3) is 0 Å². The molecular weight excluding hydrogens is 514 g/mol. The molecule has 0 aliphatic carbocycles. The van der Waals surface area contributed by atoms with Gasteiger partial charge in [-0.25, -0.2) is 4.68 Å². The van der Waals surface area contributed by atoms with Gasteiger partial charge in [0.05, 0.1) is 18.8 Å². The highest BCUT2D eigenvalue weighted by atomic mass is 32.1. The van der Waals surface area contributed by atoms with Gasteiger partial charge in [0, 0.05) is 17.1 Å². The molecule has 0 spiro atoms. The van der Waals surface area contributed by atoms with Gasteiger partial charge in [0.2, 0.25) is 4.77 Å². The molecule has 5 aromatic rings. The number of anilines is 3. The molecule has 0 atom stereocenters. The third kappa shape index (κ3) is 6.11. The zero-order valence-corrected chi connectivity index (χ0v) is 21.9. The second-order valence-corrected chi connectivity index (χ2v) is 9.01. The highest BCUT2D eigenvalue weighted by Gasteiger charge is 2.16. The Hall–Kier alpha value is -5.03. The van der Waals surface area contributed by atoms with Crippen molar-refractivity contribution in [1.82, 2.24) is 14.5 Å². The lowest BCUT2D eigenvalue weighted by Crippen LogP contribution is -2.22. The van der Waals surface area contributed by atoms with Crippen LogP contribution >= 0.6 is 12.2 Å². The van der Waals surface area contributed by atoms with Gasteiger partial charge in [-0.1, -0.05) is 54.1 Å². The Morgan fingerprint density at radius 1 is 1.00 bits per heavy atom. The zero-order chi connectivity index (χ0) is 27.2. The smallest absolute Gasteiger partial charge is 0.400 e. The van der Waals surface area contributed by atoms with Crippen LogP contribution in [-0.4, -0.2) is 25.6 Å². The van der Waals surface area contributed by atoms with Gasteiger partial charge in [0.15, 0.2) is 11.6 Å². The summed E-state index contributed by atoms with van der Waals surface area (Å²) in [5.41, 5.74) is 4.04. The van der Waals surface area contributed by atoms with Crippen LogP contribution in [0.4, 0.5) is 22.9 Å². The molecule has 0 aliphatic rings. The summed E-state index contributed by atoms with van der Waals surface area (Å²) in [6.07, 6.45) is 1.39. The summed E-state index contributed by atoms with van der Waals surface area (Å²) in [4.78, 5) is 12.5. The molecule has 0 bridgehead atoms. The fourth-order valence-corrected chi connectivity index (χ4v) is 4.15. The van der Waals surface area contributed by atoms with E-state index in [-0.39, 0.29) is 11.6 Å². The number of hydrogen-bond donors (Lipinski definition) is 1. The predicted molar refractivity (Wildman–Crippen MR) is 153 cm³/mol. The maximum Gasteiger partial charge on any atom is 0.433 e. The first-order chi connectivity index (χ1) is 19.0. The van der Waals surface area contributed by atoms with Crippen LogP contribution in [0.5, 0.6) is 0 Å². The van der Waals surface area contributed by atoms with E-state index < -0.39 is 4.92 Å². The summed E-state index contributed by atoms with van der Waals surface area (Å²) < 4.78 is 8.80. The van der Waals surface area contributed by atoms with Crippen LogP contribution in [0.25, 0.3) is 0 Å². The van der Waals surface area contributed by atoms with Gasteiger partial charge in [-0.15, -0.1) is 0 Å². The quantitative estimate of drug-likeness (QED) is 0.0932. The molecule has 11 heteroatoms. The average molecular weight is 540 g/mol. The van der Waals surface area contributed by atoms with E-state index in [4.69, 9.17) is 21.7 Å². The van der Waals surface area contributed by atoms with Crippen LogP contribution < -0.4 is 10.2 Å². The van der Waals surface area contributed by atoms with Gasteiger partial charge < -0.3 is 14.6 Å². The predicted octanol–water partition coefficient (Wildman–Crippen LogP) is 6.51. The maximum absolute atomic E-state index is 11.0. The SMILES string of the molecule is Cc1ccc(NCc2nn(CN(c3ccccc3)c3ccccc3)c(=S)n2/N=C/c2ccc([N+](=O)[O-])o2)cc1. The van der Waals surface area contributed by atoms with E-state index in [1.807, 2.05) is 91.9 Å². The maximum atomic E-state index is 11.0. The van der Waals surface area contributed by atoms with Crippen molar-refractivity contribution in [3.63, 3.8) is 0 Å². The lowest BCUT2D eigenvalue weighted by atomic mass is 10.2. The number of furan rings is 1. The minimum absolute atomic E-state index is 0.226. The van der Waals surface area contributed by atoms with Gasteiger partial charge in [0.1, 0.15) is 11.6 Å². The van der Waals surface area contributed by atoms with Crippen LogP contribution in [0.3, 0.4) is 0 Å². The van der Waals surface area contributed by atoms with Gasteiger partial charge >= 0.3 is 5.88 Å². The number of para-hydroxylation sites is 2. The fraction of sp³-hybridized carbons (Fsp3) is 0.107. The van der Waals surface area contributed by atoms with Gasteiger partial charge in [-0.2, -0.15) is 14.9 Å². The first-order valence-corrected chi connectivity index (χ1v) is 12.5. The van der Waals surface area contributed by atoms with E-state index in [1.54, 1.807) is 4.68 Å². The van der Waals surface area contributed by atoms with Crippen LogP contribution in [0, 0.1) is 21.8 Å². The van der Waals surface area contributed by atoms with E-state index in [0.717, 1.165) is 22.6 Å². The van der Waals surface area contributed by atoms with Crippen LogP contribution in [0.1, 0.15) is 17.1 Å². The minimum atomic E-state index is -0.598. The summed E-state index contributed by atoms with van der Waals surface area (Å²) >= 11 is 5.80. The second kappa shape index (κ2) is 11.6. The number of aromatic nitrogens is 3. The molecule has 39 heavy (non-hydrogen) atoms. The number of nitrogens with zero attached hydrogens (tertiary/aromatic N) is 6. The van der Waals surface area contributed by atoms with Crippen molar-refractivity contribution in [2.24, 2.45) is 5.10 Å². The summed E-state index contributed by atoms with van der Waals surface area (Å²) in [5.74, 6) is 0.418. The second-order valence-electron chi connectivity index (χ2n) is 8.65. The summed E-state index contributed by atoms with van der Waals surface area (Å²) in [6.45, 7) is 2.70. The molecule has 2 aromatic heterocycles. The molecule has 0 amide bonds. The molecule has 3 aromatic carbocycles. The van der Waals surface area contributed by atoms with Crippen molar-refractivity contribution in [2.75, 3.05) is 10.2 Å². The summed E-state index contributed by atoms with van der Waals surface area (Å²) in [7, 11) is 0. The molecule has 0 unspecified atom stereocenters. The standard InChI is InChI=1S/C28H25N7O3S/c1-21-12-14-22(15-13-21)29-19-26-31-33(28(39)34(26)30-18-25-16-17-27(38-25)35(36)37)20-32(23-8-4-2-5-9-23)24-10-6-3-7-11-24/h2-18,29H,19-20H2,1H3/b30-18+. The Morgan fingerprint density at radius 3 is 2.23 bits per heavy atom. The third-order valence-corrected chi connectivity index (χ3v) is 6.27. The van der Waals surface area contributed by atoms with Crippen LogP contribution in [-0.2, 0) is 13.2 Å². The molecule has 2 heterocycles. The third-order valence-electron chi connectivity index (χ3n) is 5.89. The van der Waals surface area contributed by atoms with E-state index in [0.29, 0.717) is 23.8 Å². The first kappa shape index (κ1) is 25.6. The lowest BCUT2D eigenvalue weighted by Gasteiger charge is -2.24. The average Bonchev–Trinajstić information content (AvgIpc) is 3.55. The molecule has 0 aliphatic heterocycles. The Bertz CT molecular complexity index is 1600. The van der Waals surface area contributed by atoms with Gasteiger partial charge in [-0.3, -0.25) is 10.1 Å². The topological polar surface area (TPSA) is 107 Å². The largest absolute Gasteiger partial charge is 0.433 e. The van der Waals surface area contributed by atoms with Crippen molar-refractivity contribution >= 4 is 41.4 Å². The molecule has 10 nitrogen and oxygen atoms in total. The molecule has 5 rings (SSSR count). The van der Waals surface area contributed by atoms with Crippen molar-refractivity contribution in [2.45, 2.75) is 20.1 Å². The van der Waals surface area contributed by atoms with E-state index in [2.05, 4.69) is 15.3 Å². The summed E-state index contributed by atoms with van der Waals surface area (Å²) in [6, 6.07) is 30.7. The molecule has 1 N–H and O–H groups in total. The first-order valence-electron chi connectivity index (χ1n) is 12.1. The van der Waals surface area contributed by atoms with Crippen molar-refractivity contribution in [1.29, 1.82) is 0 Å². The lowest BCUT2D eigenvalue weighted by molar-refractivity contribution is -0.402. The van der Waals surface area contributed by atoms with E-state index in [1.165, 1.54) is 23.0 Å². The van der Waals surface area contributed by atoms with Crippen molar-refractivity contribution in [3.05, 3.63) is 129 Å². The number of rotatable bonds is 10. The fourth-order valence-electron chi connectivity index (χ4n) is 3.90. The van der Waals surface area contributed by atoms with Crippen LogP contribution in [0.2, 0.25) is 0 Å². The molecule has 0 radical (unpaired) electrons. The van der Waals surface area contributed by atoms with Crippen molar-refractivity contribution < 1.29 is 9.34 Å². The van der Waals surface area contributed by atoms with Crippen molar-refractivity contribution in [3.8, 4) is 0 Å². The van der Waals surface area contributed by atoms with E-state index >= 15 is 0 Å². The van der Waals surface area contributed by atoms with Gasteiger partial charge in [-0.05, 0) is 61.6 Å². The molecular formula is C28H25N7O3S. The molecule has 0 fully saturated rings. The Morgan fingerprint density at radius 2 is 1.64 bits per heavy atom. The number of hydrogen-bond acceptors (Lipinski definition) is 8. The Kier molecular flexibility index (Phi) is 7.60. The normalized spacial score (nSPS) is 11.1. The highest BCUT2D eigenvalue weighted by molar-refractivity contribution is 7.71. The zero-order valence-electron chi connectivity index (χ0n) is 21.0. The molecule has 0 saturated heterocycles. The number of aryl methyl sites for hydroxylation is 1. The van der Waals surface area contributed by atoms with Crippen LogP contribution in [0.15, 0.2) is 107 Å². The minimum Gasteiger partial charge on any atom is -0.400 e. The number of nitro groups is 1. The summed E-state index contributed by atoms with van der Waals surface area (Å²) in [5, 5.41) is 23.6. The monoisotopic (exact) mass is 539 g/mol. The number of benzene rings is 3.